The lowest BCUT2D eigenvalue weighted by molar-refractivity contribution is 0.263. The van der Waals surface area contributed by atoms with Gasteiger partial charge in [-0.1, -0.05) is 84.9 Å². The van der Waals surface area contributed by atoms with Gasteiger partial charge in [0.15, 0.2) is 7.14 Å². The van der Waals surface area contributed by atoms with E-state index in [1.165, 1.54) is 0 Å². The van der Waals surface area contributed by atoms with Crippen molar-refractivity contribution < 1.29 is 23.5 Å². The normalized spacial score (nSPS) is 19.1. The molecule has 2 aliphatic heterocycles. The smallest absolute Gasteiger partial charge is 0.154 e. The Balaban J connectivity index is 1.42. The van der Waals surface area contributed by atoms with Gasteiger partial charge in [-0.3, -0.25) is 0 Å². The minimum Gasteiger partial charge on any atom is -0.491 e. The zero-order valence-corrected chi connectivity index (χ0v) is 21.3. The third kappa shape index (κ3) is 5.50. The van der Waals surface area contributed by atoms with Crippen molar-refractivity contribution in [2.45, 2.75) is 17.9 Å². The molecule has 0 amide bonds. The molecule has 0 radical (unpaired) electrons. The second kappa shape index (κ2) is 10.5. The van der Waals surface area contributed by atoms with Crippen LogP contribution >= 0.6 is 7.14 Å². The van der Waals surface area contributed by atoms with E-state index in [4.69, 9.17) is 18.9 Å². The monoisotopic (exact) mass is 512 g/mol. The van der Waals surface area contributed by atoms with Gasteiger partial charge in [0, 0.05) is 10.6 Å². The zero-order valence-electron chi connectivity index (χ0n) is 20.4. The maximum Gasteiger partial charge on any atom is 0.154 e. The predicted octanol–water partition coefficient (Wildman–Crippen LogP) is 5.35. The summed E-state index contributed by atoms with van der Waals surface area (Å²) in [6.45, 7) is 2.60. The summed E-state index contributed by atoms with van der Waals surface area (Å²) in [6.07, 6.45) is 0.382. The number of benzene rings is 4. The lowest BCUT2D eigenvalue weighted by Crippen LogP contribution is -2.22. The molecule has 2 unspecified atom stereocenters. The van der Waals surface area contributed by atoms with Gasteiger partial charge in [0.1, 0.15) is 36.9 Å². The van der Waals surface area contributed by atoms with Crippen LogP contribution in [0.4, 0.5) is 0 Å². The molecule has 0 saturated carbocycles. The molecule has 0 bridgehead atoms. The fourth-order valence-electron chi connectivity index (χ4n) is 4.56. The molecule has 2 fully saturated rings. The van der Waals surface area contributed by atoms with Crippen LogP contribution in [0.25, 0.3) is 0 Å². The van der Waals surface area contributed by atoms with Gasteiger partial charge in [0.05, 0.1) is 18.9 Å². The third-order valence-electron chi connectivity index (χ3n) is 6.71. The maximum atomic E-state index is 15.4. The number of epoxide rings is 2. The van der Waals surface area contributed by atoms with E-state index in [9.17, 15) is 0 Å². The van der Waals surface area contributed by atoms with Crippen molar-refractivity contribution in [2.75, 3.05) is 26.4 Å². The van der Waals surface area contributed by atoms with Crippen molar-refractivity contribution in [3.63, 3.8) is 0 Å². The molecule has 4 aromatic rings. The lowest BCUT2D eigenvalue weighted by Gasteiger charge is -2.30. The molecule has 2 aliphatic rings. The molecule has 2 heterocycles. The highest BCUT2D eigenvalue weighted by Crippen LogP contribution is 2.60. The Kier molecular flexibility index (Phi) is 6.84. The highest BCUT2D eigenvalue weighted by molar-refractivity contribution is 7.79. The Morgan fingerprint density at radius 2 is 1.00 bits per heavy atom. The molecule has 0 aliphatic carbocycles. The molecular weight excluding hydrogens is 483 g/mol. The van der Waals surface area contributed by atoms with Gasteiger partial charge in [-0.15, -0.1) is 0 Å². The van der Waals surface area contributed by atoms with Crippen LogP contribution in [0, 0.1) is 0 Å². The van der Waals surface area contributed by atoms with Crippen molar-refractivity contribution >= 4 is 17.8 Å². The summed E-state index contributed by atoms with van der Waals surface area (Å²) >= 11 is 0. The van der Waals surface area contributed by atoms with Crippen LogP contribution in [0.15, 0.2) is 109 Å². The van der Waals surface area contributed by atoms with Crippen molar-refractivity contribution in [1.29, 1.82) is 0 Å². The zero-order chi connectivity index (χ0) is 25.1. The highest BCUT2D eigenvalue weighted by atomic mass is 31.2. The highest BCUT2D eigenvalue weighted by Gasteiger charge is 2.39. The molecule has 6 rings (SSSR count). The first-order valence-corrected chi connectivity index (χ1v) is 14.4. The first kappa shape index (κ1) is 24.0. The summed E-state index contributed by atoms with van der Waals surface area (Å²) in [7, 11) is -3.17. The molecule has 0 N–H and O–H groups in total. The molecular formula is C31H29O5P. The fourth-order valence-corrected chi connectivity index (χ4v) is 7.87. The van der Waals surface area contributed by atoms with Crippen molar-refractivity contribution in [2.24, 2.45) is 0 Å². The molecule has 2 saturated heterocycles. The molecule has 2 atom stereocenters. The van der Waals surface area contributed by atoms with E-state index in [-0.39, 0.29) is 17.9 Å². The average molecular weight is 513 g/mol. The number of hydrogen-bond donors (Lipinski definition) is 0. The number of rotatable bonds is 11. The topological polar surface area (TPSA) is 60.6 Å². The molecule has 37 heavy (non-hydrogen) atoms. The Labute approximate surface area is 217 Å². The van der Waals surface area contributed by atoms with Gasteiger partial charge in [0.25, 0.3) is 0 Å². The molecule has 0 aromatic heterocycles. The van der Waals surface area contributed by atoms with Crippen LogP contribution in [0.5, 0.6) is 11.5 Å². The van der Waals surface area contributed by atoms with Gasteiger partial charge >= 0.3 is 0 Å². The first-order chi connectivity index (χ1) is 18.2. The largest absolute Gasteiger partial charge is 0.491 e. The molecule has 5 nitrogen and oxygen atoms in total. The average Bonchev–Trinajstić information content (AvgIpc) is 3.89. The molecule has 188 valence electrons. The summed E-state index contributed by atoms with van der Waals surface area (Å²) in [5.74, 6) is 1.55. The summed E-state index contributed by atoms with van der Waals surface area (Å²) in [4.78, 5) is 0. The van der Waals surface area contributed by atoms with Gasteiger partial charge < -0.3 is 23.5 Å². The van der Waals surface area contributed by atoms with E-state index in [1.807, 2.05) is 109 Å². The standard InChI is InChI=1S/C31H29O5P/c32-37(29-7-3-1-4-8-29,30-9-5-2-6-10-30)31(23-11-15-25(16-12-23)33-19-27-21-35-27)24-13-17-26(18-14-24)34-20-28-22-36-28/h1-18,27-28,31H,19-22H2. The van der Waals surface area contributed by atoms with Gasteiger partial charge in [-0.05, 0) is 35.4 Å². The number of hydrogen-bond acceptors (Lipinski definition) is 5. The van der Waals surface area contributed by atoms with Crippen LogP contribution < -0.4 is 20.1 Å². The van der Waals surface area contributed by atoms with Crippen molar-refractivity contribution in [3.8, 4) is 11.5 Å². The minimum absolute atomic E-state index is 0.191. The van der Waals surface area contributed by atoms with Gasteiger partial charge in [0.2, 0.25) is 0 Å². The minimum atomic E-state index is -3.17. The van der Waals surface area contributed by atoms with E-state index >= 15 is 4.57 Å². The quantitative estimate of drug-likeness (QED) is 0.200. The van der Waals surface area contributed by atoms with Crippen LogP contribution in [0.2, 0.25) is 0 Å². The second-order valence-corrected chi connectivity index (χ2v) is 12.3. The lowest BCUT2D eigenvalue weighted by atomic mass is 10.0. The maximum absolute atomic E-state index is 15.4. The predicted molar refractivity (Wildman–Crippen MR) is 145 cm³/mol. The van der Waals surface area contributed by atoms with Crippen LogP contribution in [0.3, 0.4) is 0 Å². The summed E-state index contributed by atoms with van der Waals surface area (Å²) in [6, 6.07) is 35.6. The molecule has 6 heteroatoms. The Morgan fingerprint density at radius 3 is 1.35 bits per heavy atom. The van der Waals surface area contributed by atoms with Crippen molar-refractivity contribution in [1.82, 2.24) is 0 Å². The summed E-state index contributed by atoms with van der Waals surface area (Å²) < 4.78 is 37.7. The molecule has 0 spiro atoms. The van der Waals surface area contributed by atoms with Crippen LogP contribution in [-0.2, 0) is 14.0 Å². The summed E-state index contributed by atoms with van der Waals surface area (Å²) in [5.41, 5.74) is 1.54. The second-order valence-electron chi connectivity index (χ2n) is 9.40. The van der Waals surface area contributed by atoms with Gasteiger partial charge in [-0.2, -0.15) is 0 Å². The SMILES string of the molecule is O=P(c1ccccc1)(c1ccccc1)C(c1ccc(OCC2CO2)cc1)c1ccc(OCC2CO2)cc1. The Bertz CT molecular complexity index is 1250. The first-order valence-electron chi connectivity index (χ1n) is 12.6. The fraction of sp³-hybridized carbons (Fsp3) is 0.226. The van der Waals surface area contributed by atoms with E-state index in [0.29, 0.717) is 13.2 Å². The molecule has 4 aromatic carbocycles. The summed E-state index contributed by atoms with van der Waals surface area (Å²) in [5, 5.41) is 1.65. The third-order valence-corrected chi connectivity index (χ3v) is 10.2. The van der Waals surface area contributed by atoms with Crippen molar-refractivity contribution in [3.05, 3.63) is 120 Å². The Hall–Kier alpha value is -3.37. The van der Waals surface area contributed by atoms with Crippen LogP contribution in [-0.4, -0.2) is 38.6 Å². The van der Waals surface area contributed by atoms with Gasteiger partial charge in [-0.25, -0.2) is 0 Å². The Morgan fingerprint density at radius 1 is 0.622 bits per heavy atom. The van der Waals surface area contributed by atoms with E-state index in [0.717, 1.165) is 46.4 Å². The van der Waals surface area contributed by atoms with E-state index in [1.54, 1.807) is 0 Å². The van der Waals surface area contributed by atoms with Crippen LogP contribution in [0.1, 0.15) is 16.8 Å². The van der Waals surface area contributed by atoms with E-state index < -0.39 is 7.14 Å². The number of ether oxygens (including phenoxy) is 4. The van der Waals surface area contributed by atoms with E-state index in [2.05, 4.69) is 0 Å².